The molecule has 0 aliphatic rings. The second kappa shape index (κ2) is 9.02. The van der Waals surface area contributed by atoms with Crippen molar-refractivity contribution in [1.82, 2.24) is 4.90 Å². The molecule has 6 nitrogen and oxygen atoms in total. The van der Waals surface area contributed by atoms with Crippen LogP contribution in [0.2, 0.25) is 0 Å². The number of methoxy groups -OCH3 is 2. The van der Waals surface area contributed by atoms with Gasteiger partial charge in [-0.3, -0.25) is 9.59 Å². The highest BCUT2D eigenvalue weighted by molar-refractivity contribution is 5.92. The predicted molar refractivity (Wildman–Crippen MR) is 90.1 cm³/mol. The summed E-state index contributed by atoms with van der Waals surface area (Å²) in [5.41, 5.74) is 0.683. The number of hydrogen-bond acceptors (Lipinski definition) is 4. The number of benzene rings is 1. The van der Waals surface area contributed by atoms with Crippen molar-refractivity contribution in [3.8, 4) is 11.5 Å². The first-order chi connectivity index (χ1) is 11.0. The summed E-state index contributed by atoms with van der Waals surface area (Å²) >= 11 is 0. The molecule has 0 radical (unpaired) electrons. The van der Waals surface area contributed by atoms with Crippen LogP contribution in [0.5, 0.6) is 11.5 Å². The second-order valence-electron chi connectivity index (χ2n) is 5.03. The molecule has 1 rings (SSSR count). The highest BCUT2D eigenvalue weighted by Gasteiger charge is 2.17. The molecule has 0 atom stereocenters. The Morgan fingerprint density at radius 2 is 1.65 bits per heavy atom. The minimum absolute atomic E-state index is 0.0433. The lowest BCUT2D eigenvalue weighted by Gasteiger charge is -2.24. The van der Waals surface area contributed by atoms with Gasteiger partial charge in [-0.25, -0.2) is 0 Å². The van der Waals surface area contributed by atoms with Gasteiger partial charge in [0.2, 0.25) is 11.8 Å². The Balaban J connectivity index is 2.91. The minimum atomic E-state index is -0.121. The molecule has 2 amide bonds. The van der Waals surface area contributed by atoms with Gasteiger partial charge in [-0.05, 0) is 26.0 Å². The van der Waals surface area contributed by atoms with Crippen molar-refractivity contribution in [2.75, 3.05) is 38.8 Å². The Bertz CT molecular complexity index is 541. The molecular formula is C17H26N2O4. The Kier molecular flexibility index (Phi) is 7.38. The number of hydrogen-bond donors (Lipinski definition) is 0. The normalized spacial score (nSPS) is 10.1. The third kappa shape index (κ3) is 4.87. The fraction of sp³-hybridized carbons (Fsp3) is 0.529. The molecule has 0 spiro atoms. The van der Waals surface area contributed by atoms with E-state index in [0.29, 0.717) is 36.8 Å². The lowest BCUT2D eigenvalue weighted by Crippen LogP contribution is -2.36. The van der Waals surface area contributed by atoms with Gasteiger partial charge in [0, 0.05) is 44.7 Å². The van der Waals surface area contributed by atoms with Crippen LogP contribution in [-0.2, 0) is 9.59 Å². The van der Waals surface area contributed by atoms with Crippen molar-refractivity contribution in [1.29, 1.82) is 0 Å². The molecule has 0 N–H and O–H groups in total. The maximum atomic E-state index is 12.1. The minimum Gasteiger partial charge on any atom is -0.493 e. The van der Waals surface area contributed by atoms with Gasteiger partial charge in [-0.15, -0.1) is 0 Å². The summed E-state index contributed by atoms with van der Waals surface area (Å²) in [6, 6.07) is 5.27. The van der Waals surface area contributed by atoms with Crippen LogP contribution in [0, 0.1) is 0 Å². The summed E-state index contributed by atoms with van der Waals surface area (Å²) in [7, 11) is 3.10. The van der Waals surface area contributed by atoms with Gasteiger partial charge in [-0.2, -0.15) is 0 Å². The Morgan fingerprint density at radius 1 is 1.04 bits per heavy atom. The molecule has 0 unspecified atom stereocenters. The lowest BCUT2D eigenvalue weighted by molar-refractivity contribution is -0.130. The van der Waals surface area contributed by atoms with Gasteiger partial charge in [0.1, 0.15) is 0 Å². The zero-order valence-electron chi connectivity index (χ0n) is 14.6. The fourth-order valence-corrected chi connectivity index (χ4v) is 2.40. The maximum absolute atomic E-state index is 12.1. The van der Waals surface area contributed by atoms with E-state index in [4.69, 9.17) is 9.47 Å². The molecule has 0 aliphatic heterocycles. The van der Waals surface area contributed by atoms with Gasteiger partial charge < -0.3 is 19.3 Å². The maximum Gasteiger partial charge on any atom is 0.224 e. The van der Waals surface area contributed by atoms with E-state index < -0.39 is 0 Å². The number of ether oxygens (including phenoxy) is 2. The number of rotatable bonds is 8. The zero-order chi connectivity index (χ0) is 17.4. The Morgan fingerprint density at radius 3 is 2.13 bits per heavy atom. The molecule has 0 fully saturated rings. The van der Waals surface area contributed by atoms with Crippen LogP contribution in [0.25, 0.3) is 0 Å². The topological polar surface area (TPSA) is 59.1 Å². The van der Waals surface area contributed by atoms with Gasteiger partial charge in [0.25, 0.3) is 0 Å². The van der Waals surface area contributed by atoms with Crippen LogP contribution in [-0.4, -0.2) is 50.6 Å². The SMILES string of the molecule is CCN(CC)C(=O)CCN(C(C)=O)c1ccc(OC)c(OC)c1. The largest absolute Gasteiger partial charge is 0.493 e. The molecule has 1 aromatic rings. The van der Waals surface area contributed by atoms with Crippen LogP contribution >= 0.6 is 0 Å². The summed E-state index contributed by atoms with van der Waals surface area (Å²) < 4.78 is 10.5. The van der Waals surface area contributed by atoms with Crippen molar-refractivity contribution < 1.29 is 19.1 Å². The highest BCUT2D eigenvalue weighted by Crippen LogP contribution is 2.31. The van der Waals surface area contributed by atoms with E-state index in [0.717, 1.165) is 0 Å². The van der Waals surface area contributed by atoms with Gasteiger partial charge in [0.05, 0.1) is 14.2 Å². The molecule has 0 aromatic heterocycles. The second-order valence-corrected chi connectivity index (χ2v) is 5.03. The first-order valence-electron chi connectivity index (χ1n) is 7.76. The zero-order valence-corrected chi connectivity index (χ0v) is 14.6. The Hall–Kier alpha value is -2.24. The molecule has 23 heavy (non-hydrogen) atoms. The number of nitrogens with zero attached hydrogens (tertiary/aromatic N) is 2. The number of amides is 2. The van der Waals surface area contributed by atoms with E-state index in [2.05, 4.69) is 0 Å². The first kappa shape index (κ1) is 18.8. The van der Waals surface area contributed by atoms with E-state index >= 15 is 0 Å². The van der Waals surface area contributed by atoms with Crippen LogP contribution in [0.3, 0.4) is 0 Å². The monoisotopic (exact) mass is 322 g/mol. The molecule has 0 heterocycles. The smallest absolute Gasteiger partial charge is 0.224 e. The Labute approximate surface area is 138 Å². The highest BCUT2D eigenvalue weighted by atomic mass is 16.5. The van der Waals surface area contributed by atoms with Crippen molar-refractivity contribution in [3.05, 3.63) is 18.2 Å². The third-order valence-electron chi connectivity index (χ3n) is 3.72. The molecule has 6 heteroatoms. The molecule has 0 saturated heterocycles. The number of carbonyl (C=O) groups is 2. The van der Waals surface area contributed by atoms with Crippen LogP contribution in [0.15, 0.2) is 18.2 Å². The van der Waals surface area contributed by atoms with Crippen LogP contribution in [0.4, 0.5) is 5.69 Å². The average molecular weight is 322 g/mol. The molecular weight excluding hydrogens is 296 g/mol. The van der Waals surface area contributed by atoms with E-state index in [9.17, 15) is 9.59 Å². The predicted octanol–water partition coefficient (Wildman–Crippen LogP) is 2.32. The van der Waals surface area contributed by atoms with Gasteiger partial charge in [0.15, 0.2) is 11.5 Å². The molecule has 0 saturated carbocycles. The van der Waals surface area contributed by atoms with E-state index in [-0.39, 0.29) is 18.2 Å². The van der Waals surface area contributed by atoms with Crippen molar-refractivity contribution in [2.45, 2.75) is 27.2 Å². The van der Waals surface area contributed by atoms with Crippen LogP contribution < -0.4 is 14.4 Å². The summed E-state index contributed by atoms with van der Waals surface area (Å²) in [5.74, 6) is 1.07. The fourth-order valence-electron chi connectivity index (χ4n) is 2.40. The van der Waals surface area contributed by atoms with E-state index in [1.807, 2.05) is 13.8 Å². The molecule has 128 valence electrons. The van der Waals surface area contributed by atoms with Crippen molar-refractivity contribution in [3.63, 3.8) is 0 Å². The first-order valence-corrected chi connectivity index (χ1v) is 7.76. The number of carbonyl (C=O) groups excluding carboxylic acids is 2. The molecule has 0 bridgehead atoms. The van der Waals surface area contributed by atoms with E-state index in [1.54, 1.807) is 42.2 Å². The van der Waals surface area contributed by atoms with Gasteiger partial charge in [-0.1, -0.05) is 0 Å². The summed E-state index contributed by atoms with van der Waals surface area (Å²) in [5, 5.41) is 0. The quantitative estimate of drug-likeness (QED) is 0.737. The third-order valence-corrected chi connectivity index (χ3v) is 3.72. The molecule has 0 aliphatic carbocycles. The van der Waals surface area contributed by atoms with Crippen molar-refractivity contribution >= 4 is 17.5 Å². The molecule has 1 aromatic carbocycles. The van der Waals surface area contributed by atoms with Crippen molar-refractivity contribution in [2.24, 2.45) is 0 Å². The van der Waals surface area contributed by atoms with E-state index in [1.165, 1.54) is 6.92 Å². The van der Waals surface area contributed by atoms with Gasteiger partial charge >= 0.3 is 0 Å². The standard InChI is InChI=1S/C17H26N2O4/c1-6-18(7-2)17(21)10-11-19(13(3)20)14-8-9-15(22-4)16(12-14)23-5/h8-9,12H,6-7,10-11H2,1-5H3. The average Bonchev–Trinajstić information content (AvgIpc) is 2.55. The summed E-state index contributed by atoms with van der Waals surface area (Å²) in [6.07, 6.45) is 0.287. The summed E-state index contributed by atoms with van der Waals surface area (Å²) in [4.78, 5) is 27.4. The number of anilines is 1. The lowest BCUT2D eigenvalue weighted by atomic mass is 10.2. The summed E-state index contributed by atoms with van der Waals surface area (Å²) in [6.45, 7) is 7.05. The van der Waals surface area contributed by atoms with Crippen LogP contribution in [0.1, 0.15) is 27.2 Å².